The largest absolute Gasteiger partial charge is 0.383 e. The molecule has 0 saturated carbocycles. The predicted octanol–water partition coefficient (Wildman–Crippen LogP) is 2.42. The Morgan fingerprint density at radius 3 is 2.42 bits per heavy atom. The Morgan fingerprint density at radius 2 is 1.79 bits per heavy atom. The summed E-state index contributed by atoms with van der Waals surface area (Å²) in [5, 5.41) is 10.8. The molecule has 4 heteroatoms. The summed E-state index contributed by atoms with van der Waals surface area (Å²) in [6.07, 6.45) is 0.959. The second-order valence-electron chi connectivity index (χ2n) is 6.70. The number of amides is 1. The molecule has 3 rings (SSSR count). The molecule has 1 saturated heterocycles. The average molecular weight is 324 g/mol. The molecule has 1 aliphatic heterocycles. The van der Waals surface area contributed by atoms with E-state index in [2.05, 4.69) is 0 Å². The van der Waals surface area contributed by atoms with Crippen LogP contribution in [0.3, 0.4) is 0 Å². The van der Waals surface area contributed by atoms with Crippen LogP contribution in [-0.2, 0) is 16.8 Å². The van der Waals surface area contributed by atoms with E-state index < -0.39 is 5.60 Å². The Hall–Kier alpha value is -2.33. The van der Waals surface area contributed by atoms with Crippen LogP contribution in [-0.4, -0.2) is 43.1 Å². The number of anilines is 1. The van der Waals surface area contributed by atoms with Crippen LogP contribution in [0, 0.1) is 0 Å². The number of aliphatic hydroxyl groups is 1. The third kappa shape index (κ3) is 3.44. The lowest BCUT2D eigenvalue weighted by Crippen LogP contribution is -2.35. The van der Waals surface area contributed by atoms with Crippen LogP contribution in [0.2, 0.25) is 0 Å². The van der Waals surface area contributed by atoms with Gasteiger partial charge >= 0.3 is 0 Å². The second-order valence-corrected chi connectivity index (χ2v) is 6.70. The number of hydrogen-bond acceptors (Lipinski definition) is 3. The molecule has 126 valence electrons. The number of carbonyl (C=O) groups is 1. The zero-order valence-electron chi connectivity index (χ0n) is 14.3. The van der Waals surface area contributed by atoms with Gasteiger partial charge in [-0.3, -0.25) is 4.79 Å². The van der Waals surface area contributed by atoms with Gasteiger partial charge in [0.1, 0.15) is 5.60 Å². The van der Waals surface area contributed by atoms with Gasteiger partial charge in [-0.2, -0.15) is 0 Å². The first kappa shape index (κ1) is 16.5. The summed E-state index contributed by atoms with van der Waals surface area (Å²) in [5.74, 6) is 0.0689. The minimum Gasteiger partial charge on any atom is -0.383 e. The molecular weight excluding hydrogens is 300 g/mol. The molecule has 1 heterocycles. The molecule has 1 fully saturated rings. The SMILES string of the molecule is CN(C)c1ccc(CC(=O)N2CC[C@@](O)(c3ccccc3)C2)cc1. The molecule has 4 nitrogen and oxygen atoms in total. The lowest BCUT2D eigenvalue weighted by molar-refractivity contribution is -0.130. The van der Waals surface area contributed by atoms with Crippen LogP contribution in [0.5, 0.6) is 0 Å². The fourth-order valence-electron chi connectivity index (χ4n) is 3.19. The molecule has 0 aromatic heterocycles. The van der Waals surface area contributed by atoms with Crippen LogP contribution in [0.15, 0.2) is 54.6 Å². The minimum absolute atomic E-state index is 0.0689. The highest BCUT2D eigenvalue weighted by Gasteiger charge is 2.39. The van der Waals surface area contributed by atoms with E-state index in [1.807, 2.05) is 73.6 Å². The molecule has 1 aliphatic rings. The molecule has 0 unspecified atom stereocenters. The Labute approximate surface area is 143 Å². The van der Waals surface area contributed by atoms with Gasteiger partial charge in [0, 0.05) is 26.3 Å². The molecular formula is C20H24N2O2. The Kier molecular flexibility index (Phi) is 4.58. The molecule has 1 atom stereocenters. The molecule has 2 aromatic carbocycles. The number of hydrogen-bond donors (Lipinski definition) is 1. The van der Waals surface area contributed by atoms with Crippen molar-refractivity contribution in [2.75, 3.05) is 32.1 Å². The van der Waals surface area contributed by atoms with Gasteiger partial charge in [-0.15, -0.1) is 0 Å². The Morgan fingerprint density at radius 1 is 1.12 bits per heavy atom. The van der Waals surface area contributed by atoms with Gasteiger partial charge in [-0.25, -0.2) is 0 Å². The number of β-amino-alcohol motifs (C(OH)–C–C–N with tert-alkyl or cyclic N) is 1. The summed E-state index contributed by atoms with van der Waals surface area (Å²) in [5.41, 5.74) is 2.08. The molecule has 1 N–H and O–H groups in total. The van der Waals surface area contributed by atoms with E-state index in [-0.39, 0.29) is 5.91 Å². The van der Waals surface area contributed by atoms with E-state index >= 15 is 0 Å². The van der Waals surface area contributed by atoms with Gasteiger partial charge in [0.2, 0.25) is 5.91 Å². The number of benzene rings is 2. The summed E-state index contributed by atoms with van der Waals surface area (Å²) < 4.78 is 0. The van der Waals surface area contributed by atoms with E-state index in [1.54, 1.807) is 4.90 Å². The van der Waals surface area contributed by atoms with Crippen molar-refractivity contribution < 1.29 is 9.90 Å². The van der Waals surface area contributed by atoms with Crippen LogP contribution in [0.25, 0.3) is 0 Å². The average Bonchev–Trinajstić information content (AvgIpc) is 3.00. The number of rotatable bonds is 4. The van der Waals surface area contributed by atoms with Gasteiger partial charge in [0.15, 0.2) is 0 Å². The van der Waals surface area contributed by atoms with E-state index in [4.69, 9.17) is 0 Å². The Balaban J connectivity index is 1.64. The normalized spacial score (nSPS) is 20.2. The molecule has 24 heavy (non-hydrogen) atoms. The van der Waals surface area contributed by atoms with Crippen LogP contribution >= 0.6 is 0 Å². The predicted molar refractivity (Wildman–Crippen MR) is 96.0 cm³/mol. The third-order valence-electron chi connectivity index (χ3n) is 4.72. The number of nitrogens with zero attached hydrogens (tertiary/aromatic N) is 2. The zero-order chi connectivity index (χ0) is 17.2. The van der Waals surface area contributed by atoms with E-state index in [9.17, 15) is 9.90 Å². The van der Waals surface area contributed by atoms with Crippen molar-refractivity contribution in [1.82, 2.24) is 4.90 Å². The van der Waals surface area contributed by atoms with E-state index in [0.717, 1.165) is 16.8 Å². The molecule has 2 aromatic rings. The fraction of sp³-hybridized carbons (Fsp3) is 0.350. The lowest BCUT2D eigenvalue weighted by Gasteiger charge is -2.24. The highest BCUT2D eigenvalue weighted by Crippen LogP contribution is 2.32. The molecule has 0 radical (unpaired) electrons. The van der Waals surface area contributed by atoms with Crippen molar-refractivity contribution in [2.24, 2.45) is 0 Å². The molecule has 1 amide bonds. The zero-order valence-corrected chi connectivity index (χ0v) is 14.3. The quantitative estimate of drug-likeness (QED) is 0.939. The maximum atomic E-state index is 12.6. The molecule has 0 bridgehead atoms. The lowest BCUT2D eigenvalue weighted by atomic mass is 9.93. The van der Waals surface area contributed by atoms with Crippen molar-refractivity contribution >= 4 is 11.6 Å². The molecule has 0 aliphatic carbocycles. The Bertz CT molecular complexity index is 697. The van der Waals surface area contributed by atoms with Crippen molar-refractivity contribution in [2.45, 2.75) is 18.4 Å². The minimum atomic E-state index is -0.925. The number of carbonyl (C=O) groups excluding carboxylic acids is 1. The van der Waals surface area contributed by atoms with Crippen LogP contribution in [0.1, 0.15) is 17.5 Å². The topological polar surface area (TPSA) is 43.8 Å². The smallest absolute Gasteiger partial charge is 0.227 e. The monoisotopic (exact) mass is 324 g/mol. The highest BCUT2D eigenvalue weighted by atomic mass is 16.3. The standard InChI is InChI=1S/C20H24N2O2/c1-21(2)18-10-8-16(9-11-18)14-19(23)22-13-12-20(24,15-22)17-6-4-3-5-7-17/h3-11,24H,12-15H2,1-2H3/t20-/m0/s1. The maximum Gasteiger partial charge on any atom is 0.227 e. The summed E-state index contributed by atoms with van der Waals surface area (Å²) in [6.45, 7) is 0.964. The van der Waals surface area contributed by atoms with Crippen LogP contribution < -0.4 is 4.90 Å². The molecule has 0 spiro atoms. The summed E-state index contributed by atoms with van der Waals surface area (Å²) in [7, 11) is 3.99. The van der Waals surface area contributed by atoms with Crippen molar-refractivity contribution in [3.63, 3.8) is 0 Å². The van der Waals surface area contributed by atoms with Gasteiger partial charge < -0.3 is 14.9 Å². The van der Waals surface area contributed by atoms with Crippen molar-refractivity contribution in [3.8, 4) is 0 Å². The van der Waals surface area contributed by atoms with Gasteiger partial charge in [0.05, 0.1) is 13.0 Å². The highest BCUT2D eigenvalue weighted by molar-refractivity contribution is 5.79. The van der Waals surface area contributed by atoms with E-state index in [0.29, 0.717) is 25.9 Å². The maximum absolute atomic E-state index is 12.6. The summed E-state index contributed by atoms with van der Waals surface area (Å²) in [6, 6.07) is 17.7. The van der Waals surface area contributed by atoms with Gasteiger partial charge in [-0.1, -0.05) is 42.5 Å². The first-order valence-electron chi connectivity index (χ1n) is 8.30. The van der Waals surface area contributed by atoms with Crippen LogP contribution in [0.4, 0.5) is 5.69 Å². The number of likely N-dealkylation sites (tertiary alicyclic amines) is 1. The van der Waals surface area contributed by atoms with E-state index in [1.165, 1.54) is 0 Å². The third-order valence-corrected chi connectivity index (χ3v) is 4.72. The summed E-state index contributed by atoms with van der Waals surface area (Å²) >= 11 is 0. The van der Waals surface area contributed by atoms with Gasteiger partial charge in [0.25, 0.3) is 0 Å². The van der Waals surface area contributed by atoms with Crippen molar-refractivity contribution in [1.29, 1.82) is 0 Å². The van der Waals surface area contributed by atoms with Crippen molar-refractivity contribution in [3.05, 3.63) is 65.7 Å². The first-order valence-corrected chi connectivity index (χ1v) is 8.30. The summed E-state index contributed by atoms with van der Waals surface area (Å²) in [4.78, 5) is 16.4. The fourth-order valence-corrected chi connectivity index (χ4v) is 3.19. The second kappa shape index (κ2) is 6.65. The van der Waals surface area contributed by atoms with Gasteiger partial charge in [-0.05, 0) is 29.7 Å². The first-order chi connectivity index (χ1) is 11.5.